The van der Waals surface area contributed by atoms with Gasteiger partial charge < -0.3 is 19.3 Å². The van der Waals surface area contributed by atoms with Crippen molar-refractivity contribution in [3.05, 3.63) is 58.4 Å². The maximum Gasteiger partial charge on any atom is 0.328 e. The normalized spacial score (nSPS) is 15.1. The van der Waals surface area contributed by atoms with E-state index in [0.717, 1.165) is 46.3 Å². The van der Waals surface area contributed by atoms with Gasteiger partial charge in [-0.2, -0.15) is 0 Å². The first kappa shape index (κ1) is 19.9. The lowest BCUT2D eigenvalue weighted by molar-refractivity contribution is -0.180. The van der Waals surface area contributed by atoms with Crippen LogP contribution in [0.1, 0.15) is 41.9 Å². The smallest absolute Gasteiger partial charge is 0.328 e. The quantitative estimate of drug-likeness (QED) is 0.762. The fraction of sp³-hybridized carbons (Fsp3) is 0.364. The first-order valence-electron chi connectivity index (χ1n) is 9.18. The molecule has 0 bridgehead atoms. The van der Waals surface area contributed by atoms with Crippen LogP contribution < -0.4 is 9.47 Å². The van der Waals surface area contributed by atoms with E-state index in [2.05, 4.69) is 0 Å². The Balaban J connectivity index is 1.94. The van der Waals surface area contributed by atoms with Crippen LogP contribution in [-0.4, -0.2) is 29.0 Å². The summed E-state index contributed by atoms with van der Waals surface area (Å²) >= 11 is 0. The van der Waals surface area contributed by atoms with Gasteiger partial charge in [-0.1, -0.05) is 12.1 Å². The number of carboxylic acid groups (broad SMARTS) is 1. The van der Waals surface area contributed by atoms with Crippen molar-refractivity contribution in [2.75, 3.05) is 7.11 Å². The number of fused-ring (bicyclic) bond motifs is 1. The highest BCUT2D eigenvalue weighted by Gasteiger charge is 2.31. The maximum absolute atomic E-state index is 11.1. The van der Waals surface area contributed by atoms with E-state index in [1.54, 1.807) is 13.2 Å². The summed E-state index contributed by atoms with van der Waals surface area (Å²) in [5.41, 5.74) is 4.36. The SMILES string of the molecule is COc1ccc(CCc2nc(C)c3c(c2/C=C/C(=O)O)COC(C)(C)O3)cc1. The van der Waals surface area contributed by atoms with Crippen LogP contribution in [0.5, 0.6) is 11.5 Å². The van der Waals surface area contributed by atoms with Crippen LogP contribution in [0.3, 0.4) is 0 Å². The summed E-state index contributed by atoms with van der Waals surface area (Å²) < 4.78 is 16.9. The third kappa shape index (κ3) is 4.51. The molecule has 0 amide bonds. The van der Waals surface area contributed by atoms with E-state index in [0.29, 0.717) is 18.8 Å². The van der Waals surface area contributed by atoms with Crippen LogP contribution in [0.15, 0.2) is 30.3 Å². The van der Waals surface area contributed by atoms with Crippen LogP contribution in [-0.2, 0) is 29.0 Å². The molecule has 1 aliphatic heterocycles. The number of hydrogen-bond donors (Lipinski definition) is 1. The highest BCUT2D eigenvalue weighted by Crippen LogP contribution is 2.37. The zero-order valence-corrected chi connectivity index (χ0v) is 16.6. The molecule has 28 heavy (non-hydrogen) atoms. The number of methoxy groups -OCH3 is 1. The molecule has 0 aliphatic carbocycles. The number of carboxylic acids is 1. The van der Waals surface area contributed by atoms with E-state index >= 15 is 0 Å². The molecule has 0 saturated heterocycles. The van der Waals surface area contributed by atoms with Crippen molar-refractivity contribution in [1.29, 1.82) is 0 Å². The number of benzene rings is 1. The first-order chi connectivity index (χ1) is 13.3. The van der Waals surface area contributed by atoms with Crippen LogP contribution in [0, 0.1) is 6.92 Å². The largest absolute Gasteiger partial charge is 0.497 e. The maximum atomic E-state index is 11.1. The summed E-state index contributed by atoms with van der Waals surface area (Å²) in [5.74, 6) is -0.255. The van der Waals surface area contributed by atoms with E-state index in [1.807, 2.05) is 45.0 Å². The van der Waals surface area contributed by atoms with Crippen LogP contribution in [0.2, 0.25) is 0 Å². The van der Waals surface area contributed by atoms with Crippen molar-refractivity contribution >= 4 is 12.0 Å². The predicted molar refractivity (Wildman–Crippen MR) is 106 cm³/mol. The molecule has 0 unspecified atom stereocenters. The van der Waals surface area contributed by atoms with Crippen LogP contribution in [0.25, 0.3) is 6.08 Å². The lowest BCUT2D eigenvalue weighted by Crippen LogP contribution is -2.36. The number of carbonyl (C=O) groups is 1. The molecule has 0 radical (unpaired) electrons. The summed E-state index contributed by atoms with van der Waals surface area (Å²) in [7, 11) is 1.64. The molecule has 6 nitrogen and oxygen atoms in total. The van der Waals surface area contributed by atoms with Crippen molar-refractivity contribution in [2.24, 2.45) is 0 Å². The van der Waals surface area contributed by atoms with Gasteiger partial charge in [-0.25, -0.2) is 4.79 Å². The third-order valence-corrected chi connectivity index (χ3v) is 4.66. The average molecular weight is 383 g/mol. The van der Waals surface area contributed by atoms with Gasteiger partial charge in [-0.05, 0) is 43.5 Å². The second-order valence-corrected chi connectivity index (χ2v) is 7.18. The molecule has 1 aromatic heterocycles. The number of nitrogens with zero attached hydrogens (tertiary/aromatic N) is 1. The Morgan fingerprint density at radius 1 is 1.29 bits per heavy atom. The molecule has 148 valence electrons. The second kappa shape index (κ2) is 8.02. The molecule has 0 spiro atoms. The van der Waals surface area contributed by atoms with E-state index in [-0.39, 0.29) is 0 Å². The molecule has 0 fully saturated rings. The number of aromatic nitrogens is 1. The van der Waals surface area contributed by atoms with Gasteiger partial charge in [0.05, 0.1) is 19.4 Å². The molecule has 6 heteroatoms. The topological polar surface area (TPSA) is 77.9 Å². The molecule has 3 rings (SSSR count). The number of aryl methyl sites for hydroxylation is 3. The molecule has 2 heterocycles. The van der Waals surface area contributed by atoms with Crippen LogP contribution >= 0.6 is 0 Å². The Hall–Kier alpha value is -2.86. The average Bonchev–Trinajstić information content (AvgIpc) is 2.66. The second-order valence-electron chi connectivity index (χ2n) is 7.18. The number of hydrogen-bond acceptors (Lipinski definition) is 5. The van der Waals surface area contributed by atoms with Crippen molar-refractivity contribution in [2.45, 2.75) is 46.0 Å². The lowest BCUT2D eigenvalue weighted by atomic mass is 9.98. The van der Waals surface area contributed by atoms with Crippen molar-refractivity contribution in [1.82, 2.24) is 4.98 Å². The third-order valence-electron chi connectivity index (χ3n) is 4.66. The van der Waals surface area contributed by atoms with E-state index < -0.39 is 11.8 Å². The van der Waals surface area contributed by atoms with Gasteiger partial charge in [-0.3, -0.25) is 4.98 Å². The summed E-state index contributed by atoms with van der Waals surface area (Å²) in [6.45, 7) is 5.95. The Kier molecular flexibility index (Phi) is 5.70. The molecular formula is C22H25NO5. The minimum Gasteiger partial charge on any atom is -0.497 e. The standard InChI is InChI=1S/C22H25NO5/c1-14-21-18(13-27-22(2,3)28-21)17(10-12-20(24)25)19(23-14)11-7-15-5-8-16(26-4)9-6-15/h5-6,8-10,12H,7,11,13H2,1-4H3,(H,24,25)/b12-10+. The summed E-state index contributed by atoms with van der Waals surface area (Å²) in [5, 5.41) is 9.08. The molecular weight excluding hydrogens is 358 g/mol. The lowest BCUT2D eigenvalue weighted by Gasteiger charge is -2.34. The number of pyridine rings is 1. The van der Waals surface area contributed by atoms with Gasteiger partial charge >= 0.3 is 5.97 Å². The predicted octanol–water partition coefficient (Wildman–Crippen LogP) is 3.93. The number of rotatable bonds is 6. The fourth-order valence-corrected chi connectivity index (χ4v) is 3.23. The van der Waals surface area contributed by atoms with Gasteiger partial charge in [0, 0.05) is 36.7 Å². The van der Waals surface area contributed by atoms with Gasteiger partial charge in [0.15, 0.2) is 0 Å². The van der Waals surface area contributed by atoms with Gasteiger partial charge in [0.1, 0.15) is 11.5 Å². The molecule has 1 N–H and O–H groups in total. The van der Waals surface area contributed by atoms with E-state index in [9.17, 15) is 4.79 Å². The summed E-state index contributed by atoms with van der Waals surface area (Å²) in [4.78, 5) is 15.8. The minimum absolute atomic E-state index is 0.348. The highest BCUT2D eigenvalue weighted by atomic mass is 16.7. The van der Waals surface area contributed by atoms with Crippen molar-refractivity contribution in [3.63, 3.8) is 0 Å². The van der Waals surface area contributed by atoms with E-state index in [4.69, 9.17) is 24.3 Å². The van der Waals surface area contributed by atoms with Gasteiger partial charge in [0.25, 0.3) is 0 Å². The van der Waals surface area contributed by atoms with Crippen LogP contribution in [0.4, 0.5) is 0 Å². The van der Waals surface area contributed by atoms with Gasteiger partial charge in [-0.15, -0.1) is 0 Å². The number of aliphatic carboxylic acids is 1. The summed E-state index contributed by atoms with van der Waals surface area (Å²) in [6.07, 6.45) is 4.16. The first-order valence-corrected chi connectivity index (χ1v) is 9.18. The van der Waals surface area contributed by atoms with Crippen molar-refractivity contribution in [3.8, 4) is 11.5 Å². The molecule has 2 aromatic rings. The summed E-state index contributed by atoms with van der Waals surface area (Å²) in [6, 6.07) is 7.89. The number of ether oxygens (including phenoxy) is 3. The van der Waals surface area contributed by atoms with Gasteiger partial charge in [0.2, 0.25) is 5.79 Å². The van der Waals surface area contributed by atoms with Crippen molar-refractivity contribution < 1.29 is 24.1 Å². The molecule has 0 saturated carbocycles. The molecule has 0 atom stereocenters. The zero-order chi connectivity index (χ0) is 20.3. The highest BCUT2D eigenvalue weighted by molar-refractivity contribution is 5.86. The van der Waals surface area contributed by atoms with E-state index in [1.165, 1.54) is 0 Å². The zero-order valence-electron chi connectivity index (χ0n) is 16.6. The monoisotopic (exact) mass is 383 g/mol. The Morgan fingerprint density at radius 3 is 2.64 bits per heavy atom. The molecule has 1 aromatic carbocycles. The Labute approximate surface area is 164 Å². The molecule has 1 aliphatic rings. The minimum atomic E-state index is -1.01. The Morgan fingerprint density at radius 2 is 2.00 bits per heavy atom. The fourth-order valence-electron chi connectivity index (χ4n) is 3.23. The Bertz CT molecular complexity index is 900.